The van der Waals surface area contributed by atoms with Gasteiger partial charge in [-0.1, -0.05) is 18.2 Å². The minimum atomic E-state index is -0.645. The minimum Gasteiger partial charge on any atom is -0.503 e. The van der Waals surface area contributed by atoms with Crippen LogP contribution in [0.5, 0.6) is 5.75 Å². The topological polar surface area (TPSA) is 92.8 Å². The molecule has 23 heavy (non-hydrogen) atoms. The molecule has 0 aliphatic heterocycles. The van der Waals surface area contributed by atoms with Gasteiger partial charge < -0.3 is 19.4 Å². The van der Waals surface area contributed by atoms with Gasteiger partial charge in [0.2, 0.25) is 11.3 Å². The predicted molar refractivity (Wildman–Crippen MR) is 84.7 cm³/mol. The first kappa shape index (κ1) is 14.6. The summed E-state index contributed by atoms with van der Waals surface area (Å²) < 4.78 is 2.47. The molecule has 0 spiro atoms. The normalized spacial score (nSPS) is 10.6. The molecule has 1 aromatic carbocycles. The molecule has 2 heterocycles. The molecule has 1 amide bonds. The van der Waals surface area contributed by atoms with E-state index in [1.807, 2.05) is 6.07 Å². The Morgan fingerprint density at radius 3 is 2.52 bits per heavy atom. The Balaban J connectivity index is 1.93. The number of rotatable bonds is 3. The van der Waals surface area contributed by atoms with Gasteiger partial charge in [-0.05, 0) is 12.1 Å². The lowest BCUT2D eigenvalue weighted by Crippen LogP contribution is -2.29. The lowest BCUT2D eigenvalue weighted by Gasteiger charge is -2.09. The number of aromatic nitrogens is 2. The van der Waals surface area contributed by atoms with Crippen LogP contribution in [0.2, 0.25) is 0 Å². The van der Waals surface area contributed by atoms with Gasteiger partial charge in [-0.15, -0.1) is 0 Å². The number of hydrogen-bond donors (Lipinski definition) is 2. The molecule has 0 bridgehead atoms. The number of amides is 1. The molecule has 2 N–H and O–H groups in total. The van der Waals surface area contributed by atoms with E-state index in [1.165, 1.54) is 23.0 Å². The van der Waals surface area contributed by atoms with Gasteiger partial charge in [0.05, 0.1) is 0 Å². The second kappa shape index (κ2) is 5.80. The lowest BCUT2D eigenvalue weighted by molar-refractivity contribution is -0.116. The molecule has 0 fully saturated rings. The number of pyridine rings is 1. The van der Waals surface area contributed by atoms with E-state index in [4.69, 9.17) is 0 Å². The van der Waals surface area contributed by atoms with E-state index in [0.717, 1.165) is 10.6 Å². The van der Waals surface area contributed by atoms with Crippen LogP contribution in [0, 0.1) is 0 Å². The number of fused-ring (bicyclic) bond motifs is 1. The average Bonchev–Trinajstić information content (AvgIpc) is 2.54. The van der Waals surface area contributed by atoms with Crippen molar-refractivity contribution in [2.24, 2.45) is 0 Å². The van der Waals surface area contributed by atoms with Gasteiger partial charge in [0.15, 0.2) is 11.3 Å². The zero-order chi connectivity index (χ0) is 16.4. The molecule has 0 atom stereocenters. The van der Waals surface area contributed by atoms with E-state index in [1.54, 1.807) is 24.3 Å². The second-order valence-corrected chi connectivity index (χ2v) is 4.93. The third-order valence-corrected chi connectivity index (χ3v) is 3.34. The number of nitrogens with one attached hydrogen (secondary N) is 1. The van der Waals surface area contributed by atoms with E-state index >= 15 is 0 Å². The number of nitrogens with zero attached hydrogens (tertiary/aromatic N) is 2. The summed E-state index contributed by atoms with van der Waals surface area (Å²) in [4.78, 5) is 35.8. The van der Waals surface area contributed by atoms with Crippen molar-refractivity contribution in [2.45, 2.75) is 6.54 Å². The van der Waals surface area contributed by atoms with Crippen molar-refractivity contribution in [3.8, 4) is 5.75 Å². The fourth-order valence-corrected chi connectivity index (χ4v) is 2.23. The molecule has 0 saturated heterocycles. The molecule has 0 aliphatic carbocycles. The van der Waals surface area contributed by atoms with Gasteiger partial charge in [0, 0.05) is 30.3 Å². The number of para-hydroxylation sites is 1. The molecule has 0 unspecified atom stereocenters. The van der Waals surface area contributed by atoms with Crippen LogP contribution in [0.3, 0.4) is 0 Å². The zero-order valence-corrected chi connectivity index (χ0v) is 12.0. The fraction of sp³-hybridized carbons (Fsp3) is 0.0625. The van der Waals surface area contributed by atoms with Crippen molar-refractivity contribution in [2.75, 3.05) is 5.32 Å². The maximum atomic E-state index is 12.4. The number of anilines is 1. The highest BCUT2D eigenvalue weighted by molar-refractivity contribution is 5.90. The Morgan fingerprint density at radius 2 is 1.78 bits per heavy atom. The van der Waals surface area contributed by atoms with Crippen LogP contribution in [-0.4, -0.2) is 20.0 Å². The van der Waals surface area contributed by atoms with E-state index in [2.05, 4.69) is 5.32 Å². The Kier molecular flexibility index (Phi) is 3.68. The molecule has 0 radical (unpaired) electrons. The molecule has 116 valence electrons. The summed E-state index contributed by atoms with van der Waals surface area (Å²) in [7, 11) is 0. The van der Waals surface area contributed by atoms with Crippen molar-refractivity contribution in [3.05, 3.63) is 75.6 Å². The number of aromatic hydroxyl groups is 1. The Morgan fingerprint density at radius 1 is 1.04 bits per heavy atom. The summed E-state index contributed by atoms with van der Waals surface area (Å²) in [5, 5.41) is 12.4. The van der Waals surface area contributed by atoms with Crippen molar-refractivity contribution in [3.63, 3.8) is 0 Å². The van der Waals surface area contributed by atoms with Crippen LogP contribution in [0.4, 0.5) is 5.69 Å². The summed E-state index contributed by atoms with van der Waals surface area (Å²) in [5.41, 5.74) is -0.808. The van der Waals surface area contributed by atoms with Crippen LogP contribution in [0.25, 0.3) is 5.52 Å². The second-order valence-electron chi connectivity index (χ2n) is 4.93. The van der Waals surface area contributed by atoms with Crippen LogP contribution < -0.4 is 16.3 Å². The summed E-state index contributed by atoms with van der Waals surface area (Å²) in [6, 6.07) is 10.0. The Hall–Kier alpha value is -3.35. The van der Waals surface area contributed by atoms with Gasteiger partial charge in [-0.3, -0.25) is 14.4 Å². The largest absolute Gasteiger partial charge is 0.503 e. The SMILES string of the molecule is O=C(Cn1ccn2ccc(=O)c(O)c2c1=O)Nc1ccccc1. The number of benzene rings is 1. The highest BCUT2D eigenvalue weighted by atomic mass is 16.3. The first-order valence-corrected chi connectivity index (χ1v) is 6.84. The van der Waals surface area contributed by atoms with Crippen LogP contribution >= 0.6 is 0 Å². The average molecular weight is 311 g/mol. The molecule has 3 aromatic rings. The highest BCUT2D eigenvalue weighted by Crippen LogP contribution is 2.08. The molecule has 3 rings (SSSR count). The van der Waals surface area contributed by atoms with Crippen LogP contribution in [-0.2, 0) is 11.3 Å². The molecule has 0 saturated carbocycles. The quantitative estimate of drug-likeness (QED) is 0.748. The van der Waals surface area contributed by atoms with Crippen LogP contribution in [0.15, 0.2) is 64.6 Å². The standard InChI is InChI=1S/C16H13N3O4/c20-12-6-7-18-8-9-19(16(23)14(18)15(12)22)10-13(21)17-11-4-2-1-3-5-11/h1-9,22H,10H2,(H,17,21). The predicted octanol–water partition coefficient (Wildman–Crippen LogP) is 0.805. The highest BCUT2D eigenvalue weighted by Gasteiger charge is 2.12. The molecule has 0 aliphatic rings. The summed E-state index contributed by atoms with van der Waals surface area (Å²) in [5.74, 6) is -1.02. The van der Waals surface area contributed by atoms with Crippen molar-refractivity contribution in [1.82, 2.24) is 8.97 Å². The zero-order valence-electron chi connectivity index (χ0n) is 12.0. The first-order valence-electron chi connectivity index (χ1n) is 6.84. The first-order chi connectivity index (χ1) is 11.1. The smallest absolute Gasteiger partial charge is 0.279 e. The maximum Gasteiger partial charge on any atom is 0.279 e. The van der Waals surface area contributed by atoms with Gasteiger partial charge in [0.25, 0.3) is 5.56 Å². The maximum absolute atomic E-state index is 12.4. The number of carbonyl (C=O) groups is 1. The van der Waals surface area contributed by atoms with Crippen molar-refractivity contribution in [1.29, 1.82) is 0 Å². The minimum absolute atomic E-state index is 0.160. The van der Waals surface area contributed by atoms with E-state index in [0.29, 0.717) is 5.69 Å². The van der Waals surface area contributed by atoms with Crippen molar-refractivity contribution >= 4 is 17.1 Å². The van der Waals surface area contributed by atoms with Crippen molar-refractivity contribution < 1.29 is 9.90 Å². The summed E-state index contributed by atoms with van der Waals surface area (Å²) in [6.07, 6.45) is 4.29. The third-order valence-electron chi connectivity index (χ3n) is 3.34. The van der Waals surface area contributed by atoms with E-state index in [-0.39, 0.29) is 18.0 Å². The van der Waals surface area contributed by atoms with E-state index < -0.39 is 16.7 Å². The molecule has 2 aromatic heterocycles. The molecule has 7 heteroatoms. The molecular weight excluding hydrogens is 298 g/mol. The number of carbonyl (C=O) groups excluding carboxylic acids is 1. The molecular formula is C16H13N3O4. The van der Waals surface area contributed by atoms with Gasteiger partial charge in [0.1, 0.15) is 6.54 Å². The van der Waals surface area contributed by atoms with E-state index in [9.17, 15) is 19.5 Å². The number of hydrogen-bond acceptors (Lipinski definition) is 4. The molecule has 7 nitrogen and oxygen atoms in total. The Bertz CT molecular complexity index is 990. The third kappa shape index (κ3) is 2.84. The Labute approximate surface area is 130 Å². The summed E-state index contributed by atoms with van der Waals surface area (Å²) in [6.45, 7) is -0.229. The van der Waals surface area contributed by atoms with Gasteiger partial charge in [-0.25, -0.2) is 0 Å². The van der Waals surface area contributed by atoms with Crippen LogP contribution in [0.1, 0.15) is 0 Å². The monoisotopic (exact) mass is 311 g/mol. The lowest BCUT2D eigenvalue weighted by atomic mass is 10.3. The van der Waals surface area contributed by atoms with Gasteiger partial charge in [-0.2, -0.15) is 0 Å². The summed E-state index contributed by atoms with van der Waals surface area (Å²) >= 11 is 0. The van der Waals surface area contributed by atoms with Gasteiger partial charge >= 0.3 is 0 Å². The fourth-order valence-electron chi connectivity index (χ4n) is 2.23.